The van der Waals surface area contributed by atoms with E-state index in [1.165, 1.54) is 66.8 Å². The third-order valence-corrected chi connectivity index (χ3v) is 15.2. The molecule has 2 nitrogen and oxygen atoms in total. The van der Waals surface area contributed by atoms with Crippen molar-refractivity contribution in [3.05, 3.63) is 252 Å². The summed E-state index contributed by atoms with van der Waals surface area (Å²) in [5, 5.41) is 2.27. The predicted molar refractivity (Wildman–Crippen MR) is 296 cm³/mol. The molecule has 2 aliphatic carbocycles. The lowest BCUT2D eigenvalue weighted by Crippen LogP contribution is -2.30. The summed E-state index contributed by atoms with van der Waals surface area (Å²) in [4.78, 5) is 2.38. The van der Waals surface area contributed by atoms with E-state index in [1.54, 1.807) is 0 Å². The summed E-state index contributed by atoms with van der Waals surface area (Å²) >= 11 is 0. The Morgan fingerprint density at radius 3 is 1.74 bits per heavy atom. The third-order valence-electron chi connectivity index (χ3n) is 15.2. The highest BCUT2D eigenvalue weighted by molar-refractivity contribution is 6.09. The van der Waals surface area contributed by atoms with Gasteiger partial charge in [-0.3, -0.25) is 0 Å². The van der Waals surface area contributed by atoms with Crippen molar-refractivity contribution in [3.63, 3.8) is 0 Å². The Morgan fingerprint density at radius 1 is 0.457 bits per heavy atom. The molecule has 0 amide bonds. The second-order valence-corrected chi connectivity index (χ2v) is 21.2. The molecular weight excluding hydrogens is 847 g/mol. The monoisotopic (exact) mass is 903 g/mol. The maximum Gasteiger partial charge on any atom is 0.143 e. The van der Waals surface area contributed by atoms with Crippen LogP contribution in [0.4, 0.5) is 17.1 Å². The van der Waals surface area contributed by atoms with E-state index in [-0.39, 0.29) is 16.2 Å². The summed E-state index contributed by atoms with van der Waals surface area (Å²) in [6, 6.07) is 77.4. The van der Waals surface area contributed by atoms with E-state index in [0.717, 1.165) is 56.5 Å². The van der Waals surface area contributed by atoms with Crippen LogP contribution in [0.2, 0.25) is 0 Å². The molecule has 0 spiro atoms. The standard InChI is InChI=1S/C68H57NO/c1-66(2,3)60-28-17-25-54(47-20-11-8-12-21-47)64(60)68(6)41-40-57-56-39-34-50(43-61(56)67(4,5)62(57)44-68)49-22-15-23-53(42-49)69(51-35-30-46(31-36-51)45-18-9-7-10-19-45)52-37-32-48(33-38-52)55-26-16-27-59-58-24-13-14-29-63(58)70-65(55)59/h7-40,42-44H,41H2,1-6H3. The molecule has 0 bridgehead atoms. The smallest absolute Gasteiger partial charge is 0.143 e. The van der Waals surface area contributed by atoms with Crippen LogP contribution in [0.3, 0.4) is 0 Å². The fourth-order valence-electron chi connectivity index (χ4n) is 11.6. The molecule has 0 N–H and O–H groups in total. The Bertz CT molecular complexity index is 3670. The number of rotatable bonds is 8. The van der Waals surface area contributed by atoms with E-state index in [1.807, 2.05) is 12.1 Å². The number of allylic oxidation sites excluding steroid dienone is 4. The van der Waals surface area contributed by atoms with Crippen molar-refractivity contribution in [1.29, 1.82) is 0 Å². The maximum atomic E-state index is 6.47. The minimum atomic E-state index is -0.193. The second-order valence-electron chi connectivity index (χ2n) is 21.2. The number of hydrogen-bond acceptors (Lipinski definition) is 2. The molecule has 1 heterocycles. The summed E-state index contributed by atoms with van der Waals surface area (Å²) in [7, 11) is 0. The number of furan rings is 1. The number of fused-ring (bicyclic) bond motifs is 6. The van der Waals surface area contributed by atoms with E-state index in [0.29, 0.717) is 0 Å². The van der Waals surface area contributed by atoms with Crippen LogP contribution < -0.4 is 4.90 Å². The highest BCUT2D eigenvalue weighted by atomic mass is 16.3. The number of nitrogens with zero attached hydrogens (tertiary/aromatic N) is 1. The fourth-order valence-corrected chi connectivity index (χ4v) is 11.6. The molecule has 1 atom stereocenters. The molecule has 2 heteroatoms. The first-order valence-electron chi connectivity index (χ1n) is 24.8. The van der Waals surface area contributed by atoms with Crippen molar-refractivity contribution in [2.75, 3.05) is 4.90 Å². The van der Waals surface area contributed by atoms with Crippen LogP contribution in [0.1, 0.15) is 70.2 Å². The van der Waals surface area contributed by atoms with Gasteiger partial charge in [-0.15, -0.1) is 0 Å². The van der Waals surface area contributed by atoms with Gasteiger partial charge in [-0.05, 0) is 133 Å². The van der Waals surface area contributed by atoms with Crippen molar-refractivity contribution in [2.45, 2.75) is 64.2 Å². The van der Waals surface area contributed by atoms with Crippen LogP contribution in [0.15, 0.2) is 234 Å². The lowest BCUT2D eigenvalue weighted by molar-refractivity contribution is 0.529. The van der Waals surface area contributed by atoms with Crippen molar-refractivity contribution in [3.8, 4) is 44.5 Å². The van der Waals surface area contributed by atoms with Crippen LogP contribution in [-0.4, -0.2) is 0 Å². The Morgan fingerprint density at radius 2 is 1.01 bits per heavy atom. The molecule has 0 fully saturated rings. The van der Waals surface area contributed by atoms with Gasteiger partial charge >= 0.3 is 0 Å². The van der Waals surface area contributed by atoms with Crippen LogP contribution in [0.25, 0.3) is 72.0 Å². The van der Waals surface area contributed by atoms with Crippen LogP contribution >= 0.6 is 0 Å². The van der Waals surface area contributed by atoms with Gasteiger partial charge in [-0.25, -0.2) is 0 Å². The van der Waals surface area contributed by atoms with Gasteiger partial charge in [0.05, 0.1) is 0 Å². The average molecular weight is 904 g/mol. The van der Waals surface area contributed by atoms with Crippen molar-refractivity contribution in [2.24, 2.45) is 0 Å². The van der Waals surface area contributed by atoms with E-state index in [2.05, 4.69) is 259 Å². The summed E-state index contributed by atoms with van der Waals surface area (Å²) < 4.78 is 6.47. The first-order chi connectivity index (χ1) is 33.9. The molecule has 0 aliphatic heterocycles. The summed E-state index contributed by atoms with van der Waals surface area (Å²) in [5.74, 6) is 0. The summed E-state index contributed by atoms with van der Waals surface area (Å²) in [5.41, 5.74) is 22.7. The largest absolute Gasteiger partial charge is 0.455 e. The molecule has 70 heavy (non-hydrogen) atoms. The van der Waals surface area contributed by atoms with E-state index in [9.17, 15) is 0 Å². The zero-order chi connectivity index (χ0) is 47.8. The SMILES string of the molecule is CC(C)(C)c1cccc(-c2ccccc2)c1C1(C)C=C2C(=CC1)c1ccc(-c3cccc(N(c4ccc(-c5ccccc5)cc4)c4ccc(-c5cccc6c5oc5ccccc56)cc4)c3)cc1C2(C)C. The lowest BCUT2D eigenvalue weighted by Gasteiger charge is -2.39. The maximum absolute atomic E-state index is 6.47. The Hall–Kier alpha value is -7.94. The molecular formula is C68H57NO. The van der Waals surface area contributed by atoms with Gasteiger partial charge in [-0.2, -0.15) is 0 Å². The molecule has 1 unspecified atom stereocenters. The summed E-state index contributed by atoms with van der Waals surface area (Å²) in [6.07, 6.45) is 6.13. The van der Waals surface area contributed by atoms with Gasteiger partial charge in [-0.1, -0.05) is 217 Å². The first kappa shape index (κ1) is 43.3. The number of hydrogen-bond donors (Lipinski definition) is 0. The minimum Gasteiger partial charge on any atom is -0.455 e. The van der Waals surface area contributed by atoms with Gasteiger partial charge in [0.2, 0.25) is 0 Å². The number of benzene rings is 9. The Kier molecular flexibility index (Phi) is 10.3. The van der Waals surface area contributed by atoms with Gasteiger partial charge in [0, 0.05) is 44.2 Å². The number of para-hydroxylation sites is 2. The molecule has 12 rings (SSSR count). The molecule has 10 aromatic rings. The molecule has 9 aromatic carbocycles. The number of anilines is 3. The van der Waals surface area contributed by atoms with Crippen molar-refractivity contribution in [1.82, 2.24) is 0 Å². The Labute approximate surface area is 412 Å². The molecule has 340 valence electrons. The molecule has 2 aliphatic rings. The van der Waals surface area contributed by atoms with Crippen LogP contribution in [0, 0.1) is 0 Å². The highest BCUT2D eigenvalue weighted by Gasteiger charge is 2.44. The fraction of sp³-hybridized carbons (Fsp3) is 0.147. The average Bonchev–Trinajstić information content (AvgIpc) is 3.88. The second kappa shape index (κ2) is 16.6. The van der Waals surface area contributed by atoms with Crippen LogP contribution in [0.5, 0.6) is 0 Å². The van der Waals surface area contributed by atoms with E-state index < -0.39 is 0 Å². The van der Waals surface area contributed by atoms with Gasteiger partial charge in [0.15, 0.2) is 0 Å². The topological polar surface area (TPSA) is 16.4 Å². The first-order valence-corrected chi connectivity index (χ1v) is 24.8. The van der Waals surface area contributed by atoms with E-state index in [4.69, 9.17) is 4.42 Å². The van der Waals surface area contributed by atoms with Gasteiger partial charge < -0.3 is 9.32 Å². The normalized spacial score (nSPS) is 16.1. The van der Waals surface area contributed by atoms with Crippen molar-refractivity contribution < 1.29 is 4.42 Å². The zero-order valence-electron chi connectivity index (χ0n) is 40.9. The predicted octanol–water partition coefficient (Wildman–Crippen LogP) is 19.0. The van der Waals surface area contributed by atoms with Gasteiger partial charge in [0.1, 0.15) is 11.2 Å². The lowest BCUT2D eigenvalue weighted by atomic mass is 9.65. The zero-order valence-corrected chi connectivity index (χ0v) is 40.9. The molecule has 0 saturated heterocycles. The highest BCUT2D eigenvalue weighted by Crippen LogP contribution is 2.56. The van der Waals surface area contributed by atoms with E-state index >= 15 is 0 Å². The minimum absolute atomic E-state index is 0.0146. The molecule has 0 saturated carbocycles. The summed E-state index contributed by atoms with van der Waals surface area (Å²) in [6.45, 7) is 14.4. The third kappa shape index (κ3) is 7.33. The molecule has 0 radical (unpaired) electrons. The molecule has 1 aromatic heterocycles. The quantitative estimate of drug-likeness (QED) is 0.151. The Balaban J connectivity index is 0.922. The van der Waals surface area contributed by atoms with Crippen molar-refractivity contribution >= 4 is 44.6 Å². The van der Waals surface area contributed by atoms with Gasteiger partial charge in [0.25, 0.3) is 0 Å². The van der Waals surface area contributed by atoms with Crippen LogP contribution in [-0.2, 0) is 16.2 Å².